The molecule has 0 aliphatic carbocycles. The molecule has 200 valence electrons. The molecular weight excluding hydrogens is 478 g/mol. The molecule has 3 aromatic rings. The highest BCUT2D eigenvalue weighted by molar-refractivity contribution is 5.85. The summed E-state index contributed by atoms with van der Waals surface area (Å²) < 4.78 is 5.01. The van der Waals surface area contributed by atoms with Gasteiger partial charge in [0.25, 0.3) is 0 Å². The lowest BCUT2D eigenvalue weighted by atomic mass is 10.0. The van der Waals surface area contributed by atoms with Crippen molar-refractivity contribution >= 4 is 17.6 Å². The van der Waals surface area contributed by atoms with Gasteiger partial charge in [0, 0.05) is 45.4 Å². The first-order chi connectivity index (χ1) is 18.5. The summed E-state index contributed by atoms with van der Waals surface area (Å²) in [7, 11) is 1.50. The van der Waals surface area contributed by atoms with Crippen LogP contribution in [0, 0.1) is 5.92 Å². The standard InChI is InChI=1S/C30H37N5O3/c1-4-23(2)20-35(30(37)22-38-3)21-29(36)34-18-16-33(17-19-34)28-15-14-27(31-32-28)26-12-10-25(11-13-26)24-8-6-5-7-9-24/h5-15,23H,4,16-22H2,1-3H3. The number of carbonyl (C=O) groups is 2. The maximum absolute atomic E-state index is 13.0. The minimum atomic E-state index is -0.148. The quantitative estimate of drug-likeness (QED) is 0.407. The van der Waals surface area contributed by atoms with Crippen molar-refractivity contribution in [2.24, 2.45) is 5.92 Å². The Morgan fingerprint density at radius 1 is 0.895 bits per heavy atom. The molecule has 1 saturated heterocycles. The molecule has 1 fully saturated rings. The van der Waals surface area contributed by atoms with E-state index in [1.807, 2.05) is 35.2 Å². The summed E-state index contributed by atoms with van der Waals surface area (Å²) in [5, 5.41) is 8.93. The second kappa shape index (κ2) is 13.1. The molecular formula is C30H37N5O3. The fourth-order valence-electron chi connectivity index (χ4n) is 4.53. The molecule has 4 rings (SSSR count). The number of ether oxygens (including phenoxy) is 1. The minimum Gasteiger partial charge on any atom is -0.375 e. The van der Waals surface area contributed by atoms with Crippen molar-refractivity contribution in [3.05, 3.63) is 66.7 Å². The largest absolute Gasteiger partial charge is 0.375 e. The third kappa shape index (κ3) is 6.95. The van der Waals surface area contributed by atoms with Crippen LogP contribution in [0.4, 0.5) is 5.82 Å². The fraction of sp³-hybridized carbons (Fsp3) is 0.400. The Balaban J connectivity index is 1.32. The number of nitrogens with zero attached hydrogens (tertiary/aromatic N) is 5. The Hall–Kier alpha value is -3.78. The van der Waals surface area contributed by atoms with E-state index in [0.717, 1.165) is 29.1 Å². The first-order valence-corrected chi connectivity index (χ1v) is 13.3. The van der Waals surface area contributed by atoms with Crippen molar-refractivity contribution in [2.75, 3.05) is 57.9 Å². The van der Waals surface area contributed by atoms with Crippen molar-refractivity contribution < 1.29 is 14.3 Å². The summed E-state index contributed by atoms with van der Waals surface area (Å²) in [5.74, 6) is 0.946. The van der Waals surface area contributed by atoms with Crippen LogP contribution in [0.5, 0.6) is 0 Å². The lowest BCUT2D eigenvalue weighted by Gasteiger charge is -2.36. The smallest absolute Gasteiger partial charge is 0.249 e. The van der Waals surface area contributed by atoms with Gasteiger partial charge >= 0.3 is 0 Å². The zero-order chi connectivity index (χ0) is 26.9. The molecule has 0 spiro atoms. The fourth-order valence-corrected chi connectivity index (χ4v) is 4.53. The summed E-state index contributed by atoms with van der Waals surface area (Å²) in [6.45, 7) is 7.31. The molecule has 1 aliphatic rings. The van der Waals surface area contributed by atoms with Crippen molar-refractivity contribution in [2.45, 2.75) is 20.3 Å². The number of methoxy groups -OCH3 is 1. The van der Waals surface area contributed by atoms with Crippen molar-refractivity contribution in [1.29, 1.82) is 0 Å². The normalized spacial score (nSPS) is 14.3. The van der Waals surface area contributed by atoms with Crippen LogP contribution in [-0.2, 0) is 14.3 Å². The highest BCUT2D eigenvalue weighted by Gasteiger charge is 2.26. The zero-order valence-corrected chi connectivity index (χ0v) is 22.5. The summed E-state index contributed by atoms with van der Waals surface area (Å²) >= 11 is 0. The molecule has 38 heavy (non-hydrogen) atoms. The van der Waals surface area contributed by atoms with E-state index in [4.69, 9.17) is 4.74 Å². The van der Waals surface area contributed by atoms with Crippen LogP contribution in [0.25, 0.3) is 22.4 Å². The topological polar surface area (TPSA) is 78.9 Å². The summed E-state index contributed by atoms with van der Waals surface area (Å²) in [6.07, 6.45) is 0.947. The second-order valence-electron chi connectivity index (χ2n) is 9.81. The maximum Gasteiger partial charge on any atom is 0.249 e. The van der Waals surface area contributed by atoms with Crippen LogP contribution in [-0.4, -0.2) is 84.8 Å². The third-order valence-electron chi connectivity index (χ3n) is 7.07. The van der Waals surface area contributed by atoms with E-state index in [2.05, 4.69) is 65.3 Å². The number of aromatic nitrogens is 2. The van der Waals surface area contributed by atoms with Crippen LogP contribution in [0.3, 0.4) is 0 Å². The molecule has 0 radical (unpaired) electrons. The predicted octanol–water partition coefficient (Wildman–Crippen LogP) is 3.98. The monoisotopic (exact) mass is 515 g/mol. The van der Waals surface area contributed by atoms with Crippen LogP contribution in [0.2, 0.25) is 0 Å². The Bertz CT molecular complexity index is 1180. The molecule has 2 heterocycles. The Morgan fingerprint density at radius 3 is 2.16 bits per heavy atom. The molecule has 1 aromatic heterocycles. The van der Waals surface area contributed by atoms with Crippen LogP contribution < -0.4 is 4.90 Å². The van der Waals surface area contributed by atoms with Crippen LogP contribution in [0.1, 0.15) is 20.3 Å². The van der Waals surface area contributed by atoms with E-state index in [1.165, 1.54) is 12.7 Å². The first-order valence-electron chi connectivity index (χ1n) is 13.3. The minimum absolute atomic E-state index is 0.0106. The number of anilines is 1. The van der Waals surface area contributed by atoms with Gasteiger partial charge in [-0.2, -0.15) is 0 Å². The summed E-state index contributed by atoms with van der Waals surface area (Å²) in [4.78, 5) is 31.1. The van der Waals surface area contributed by atoms with Crippen molar-refractivity contribution in [3.8, 4) is 22.4 Å². The zero-order valence-electron chi connectivity index (χ0n) is 22.5. The number of benzene rings is 2. The van der Waals surface area contributed by atoms with Gasteiger partial charge in [-0.15, -0.1) is 10.2 Å². The molecule has 0 saturated carbocycles. The average molecular weight is 516 g/mol. The Morgan fingerprint density at radius 2 is 1.55 bits per heavy atom. The van der Waals surface area contributed by atoms with E-state index in [0.29, 0.717) is 38.6 Å². The van der Waals surface area contributed by atoms with Gasteiger partial charge in [-0.25, -0.2) is 0 Å². The molecule has 2 amide bonds. The molecule has 2 aromatic carbocycles. The number of piperazine rings is 1. The maximum atomic E-state index is 13.0. The van der Waals surface area contributed by atoms with Crippen molar-refractivity contribution in [3.63, 3.8) is 0 Å². The number of hydrogen-bond donors (Lipinski definition) is 0. The van der Waals surface area contributed by atoms with E-state index >= 15 is 0 Å². The molecule has 1 unspecified atom stereocenters. The first kappa shape index (κ1) is 27.3. The Kier molecular flexibility index (Phi) is 9.43. The van der Waals surface area contributed by atoms with E-state index in [-0.39, 0.29) is 25.0 Å². The van der Waals surface area contributed by atoms with Gasteiger partial charge in [0.05, 0.1) is 12.2 Å². The van der Waals surface area contributed by atoms with Gasteiger partial charge in [-0.3, -0.25) is 9.59 Å². The SMILES string of the molecule is CCC(C)CN(CC(=O)N1CCN(c2ccc(-c3ccc(-c4ccccc4)cc3)nn2)CC1)C(=O)COC. The van der Waals surface area contributed by atoms with Crippen LogP contribution >= 0.6 is 0 Å². The van der Waals surface area contributed by atoms with Gasteiger partial charge in [0.2, 0.25) is 11.8 Å². The van der Waals surface area contributed by atoms with Crippen molar-refractivity contribution in [1.82, 2.24) is 20.0 Å². The van der Waals surface area contributed by atoms with Gasteiger partial charge in [-0.1, -0.05) is 74.9 Å². The molecule has 0 bridgehead atoms. The predicted molar refractivity (Wildman–Crippen MR) is 150 cm³/mol. The molecule has 0 N–H and O–H groups in total. The van der Waals surface area contributed by atoms with Crippen LogP contribution in [0.15, 0.2) is 66.7 Å². The third-order valence-corrected chi connectivity index (χ3v) is 7.07. The second-order valence-corrected chi connectivity index (χ2v) is 9.81. The Labute approximate surface area is 225 Å². The number of rotatable bonds is 10. The number of carbonyl (C=O) groups excluding carboxylic acids is 2. The van der Waals surface area contributed by atoms with Gasteiger partial charge in [0.15, 0.2) is 5.82 Å². The van der Waals surface area contributed by atoms with E-state index in [9.17, 15) is 9.59 Å². The highest BCUT2D eigenvalue weighted by atomic mass is 16.5. The molecule has 8 nitrogen and oxygen atoms in total. The molecule has 8 heteroatoms. The molecule has 1 atom stereocenters. The van der Waals surface area contributed by atoms with E-state index in [1.54, 1.807) is 4.90 Å². The summed E-state index contributed by atoms with van der Waals surface area (Å²) in [5.41, 5.74) is 4.19. The lowest BCUT2D eigenvalue weighted by molar-refractivity contribution is -0.143. The average Bonchev–Trinajstić information content (AvgIpc) is 2.97. The molecule has 1 aliphatic heterocycles. The van der Waals surface area contributed by atoms with Gasteiger partial charge in [0.1, 0.15) is 6.61 Å². The highest BCUT2D eigenvalue weighted by Crippen LogP contribution is 2.24. The number of hydrogen-bond acceptors (Lipinski definition) is 6. The number of amides is 2. The van der Waals surface area contributed by atoms with Gasteiger partial charge in [-0.05, 0) is 29.2 Å². The van der Waals surface area contributed by atoms with E-state index < -0.39 is 0 Å². The summed E-state index contributed by atoms with van der Waals surface area (Å²) in [6, 6.07) is 22.6. The van der Waals surface area contributed by atoms with Gasteiger partial charge < -0.3 is 19.4 Å². The lowest BCUT2D eigenvalue weighted by Crippen LogP contribution is -2.52.